The Morgan fingerprint density at radius 1 is 1.10 bits per heavy atom. The third-order valence-corrected chi connectivity index (χ3v) is 2.72. The van der Waals surface area contributed by atoms with Gasteiger partial charge in [-0.25, -0.2) is 0 Å². The van der Waals surface area contributed by atoms with Gasteiger partial charge < -0.3 is 15.5 Å². The largest absolute Gasteiger partial charge is 0.390 e. The van der Waals surface area contributed by atoms with Crippen molar-refractivity contribution in [2.24, 2.45) is 4.99 Å². The predicted octanol–water partition coefficient (Wildman–Crippen LogP) is 2.84. The molecule has 21 heavy (non-hydrogen) atoms. The van der Waals surface area contributed by atoms with E-state index in [9.17, 15) is 13.2 Å². The van der Waals surface area contributed by atoms with Crippen LogP contribution in [0.1, 0.15) is 33.6 Å². The third kappa shape index (κ3) is 14.5. The van der Waals surface area contributed by atoms with Gasteiger partial charge in [-0.2, -0.15) is 13.2 Å². The number of halogens is 4. The van der Waals surface area contributed by atoms with E-state index in [2.05, 4.69) is 34.4 Å². The van der Waals surface area contributed by atoms with Crippen molar-refractivity contribution in [2.45, 2.75) is 39.8 Å². The Morgan fingerprint density at radius 2 is 1.76 bits per heavy atom. The highest BCUT2D eigenvalue weighted by Crippen LogP contribution is 2.18. The molecule has 0 atom stereocenters. The van der Waals surface area contributed by atoms with Crippen LogP contribution in [-0.2, 0) is 0 Å². The van der Waals surface area contributed by atoms with E-state index in [0.717, 1.165) is 26.1 Å². The van der Waals surface area contributed by atoms with Gasteiger partial charge in [0.1, 0.15) is 0 Å². The van der Waals surface area contributed by atoms with E-state index in [-0.39, 0.29) is 30.5 Å². The molecule has 0 fully saturated rings. The number of nitrogens with zero attached hydrogens (tertiary/aromatic N) is 2. The second-order valence-corrected chi connectivity index (χ2v) is 4.49. The molecule has 0 aromatic rings. The molecular formula is C13H28F3IN4. The average molecular weight is 424 g/mol. The first kappa shape index (κ1) is 23.0. The van der Waals surface area contributed by atoms with Crippen LogP contribution in [0.3, 0.4) is 0 Å². The summed E-state index contributed by atoms with van der Waals surface area (Å²) in [6.07, 6.45) is -3.95. The molecular weight excluding hydrogens is 396 g/mol. The lowest BCUT2D eigenvalue weighted by atomic mass is 10.4. The lowest BCUT2D eigenvalue weighted by Gasteiger charge is -2.20. The summed E-state index contributed by atoms with van der Waals surface area (Å²) in [5, 5.41) is 6.01. The second kappa shape index (κ2) is 13.4. The average Bonchev–Trinajstić information content (AvgIpc) is 2.36. The van der Waals surface area contributed by atoms with Crippen LogP contribution >= 0.6 is 24.0 Å². The van der Waals surface area contributed by atoms with E-state index in [1.165, 1.54) is 0 Å². The normalized spacial score (nSPS) is 12.2. The smallest absolute Gasteiger partial charge is 0.357 e. The molecule has 0 amide bonds. The fourth-order valence-corrected chi connectivity index (χ4v) is 1.71. The molecule has 8 heteroatoms. The fourth-order valence-electron chi connectivity index (χ4n) is 1.71. The van der Waals surface area contributed by atoms with E-state index in [0.29, 0.717) is 19.0 Å². The molecule has 0 saturated carbocycles. The van der Waals surface area contributed by atoms with Crippen molar-refractivity contribution in [1.82, 2.24) is 15.5 Å². The zero-order valence-electron chi connectivity index (χ0n) is 13.1. The molecule has 0 heterocycles. The van der Waals surface area contributed by atoms with Gasteiger partial charge in [-0.15, -0.1) is 24.0 Å². The van der Waals surface area contributed by atoms with Gasteiger partial charge in [0.25, 0.3) is 0 Å². The molecule has 0 rings (SSSR count). The Kier molecular flexibility index (Phi) is 14.7. The Labute approximate surface area is 143 Å². The van der Waals surface area contributed by atoms with Crippen LogP contribution in [0.25, 0.3) is 0 Å². The van der Waals surface area contributed by atoms with Gasteiger partial charge in [0.15, 0.2) is 5.96 Å². The zero-order chi connectivity index (χ0) is 15.4. The number of hydrogen-bond acceptors (Lipinski definition) is 2. The summed E-state index contributed by atoms with van der Waals surface area (Å²) in [6.45, 7) is 10.0. The van der Waals surface area contributed by atoms with Crippen molar-refractivity contribution in [1.29, 1.82) is 0 Å². The maximum absolute atomic E-state index is 12.1. The van der Waals surface area contributed by atoms with Gasteiger partial charge in [-0.1, -0.05) is 13.8 Å². The van der Waals surface area contributed by atoms with Crippen LogP contribution in [-0.4, -0.2) is 56.3 Å². The summed E-state index contributed by atoms with van der Waals surface area (Å²) in [7, 11) is 0. The van der Waals surface area contributed by atoms with Crippen LogP contribution in [0.15, 0.2) is 4.99 Å². The minimum Gasteiger partial charge on any atom is -0.357 e. The van der Waals surface area contributed by atoms with Gasteiger partial charge in [0, 0.05) is 19.6 Å². The second-order valence-electron chi connectivity index (χ2n) is 4.49. The number of likely N-dealkylation sites (N-methyl/N-ethyl adjacent to an activating group) is 1. The maximum atomic E-state index is 12.1. The van der Waals surface area contributed by atoms with Gasteiger partial charge >= 0.3 is 6.18 Å². The standard InChI is InChI=1S/C13H27F3N4.HI/c1-4-10-20(6-3)11-9-19-12(17-5-2)18-8-7-13(14,15)16;/h4-11H2,1-3H3,(H2,17,18,19);1H. The molecule has 0 saturated heterocycles. The minimum atomic E-state index is -4.15. The Hall–Kier alpha value is -0.250. The molecule has 0 radical (unpaired) electrons. The van der Waals surface area contributed by atoms with Crippen molar-refractivity contribution in [3.05, 3.63) is 0 Å². The summed E-state index contributed by atoms with van der Waals surface area (Å²) in [4.78, 5) is 6.21. The van der Waals surface area contributed by atoms with Crippen molar-refractivity contribution in [3.63, 3.8) is 0 Å². The molecule has 2 N–H and O–H groups in total. The molecule has 0 unspecified atom stereocenters. The highest BCUT2D eigenvalue weighted by Gasteiger charge is 2.26. The number of hydrogen-bond donors (Lipinski definition) is 2. The molecule has 0 aliphatic carbocycles. The number of aliphatic imine (C=N–C) groups is 1. The van der Waals surface area contributed by atoms with Gasteiger partial charge in [0.05, 0.1) is 13.0 Å². The minimum absolute atomic E-state index is 0. The number of rotatable bonds is 9. The van der Waals surface area contributed by atoms with Gasteiger partial charge in [-0.05, 0) is 26.4 Å². The topological polar surface area (TPSA) is 39.7 Å². The highest BCUT2D eigenvalue weighted by atomic mass is 127. The molecule has 0 spiro atoms. The van der Waals surface area contributed by atoms with Crippen LogP contribution in [0.5, 0.6) is 0 Å². The fraction of sp³-hybridized carbons (Fsp3) is 0.923. The van der Waals surface area contributed by atoms with Crippen molar-refractivity contribution >= 4 is 29.9 Å². The van der Waals surface area contributed by atoms with E-state index in [4.69, 9.17) is 0 Å². The lowest BCUT2D eigenvalue weighted by Crippen LogP contribution is -2.42. The molecule has 0 aliphatic rings. The first-order valence-corrected chi connectivity index (χ1v) is 7.24. The van der Waals surface area contributed by atoms with Crippen LogP contribution in [0.4, 0.5) is 13.2 Å². The summed E-state index contributed by atoms with van der Waals surface area (Å²) < 4.78 is 36.2. The van der Waals surface area contributed by atoms with Crippen molar-refractivity contribution in [2.75, 3.05) is 39.3 Å². The Bertz CT molecular complexity index is 273. The Balaban J connectivity index is 0. The number of alkyl halides is 3. The monoisotopic (exact) mass is 424 g/mol. The highest BCUT2D eigenvalue weighted by molar-refractivity contribution is 14.0. The first-order chi connectivity index (χ1) is 9.42. The van der Waals surface area contributed by atoms with E-state index >= 15 is 0 Å². The van der Waals surface area contributed by atoms with E-state index in [1.54, 1.807) is 0 Å². The van der Waals surface area contributed by atoms with Crippen molar-refractivity contribution in [3.8, 4) is 0 Å². The summed E-state index contributed by atoms with van der Waals surface area (Å²) in [6, 6.07) is 0. The third-order valence-electron chi connectivity index (χ3n) is 2.72. The molecule has 0 aromatic heterocycles. The molecule has 0 bridgehead atoms. The number of guanidine groups is 1. The van der Waals surface area contributed by atoms with Crippen molar-refractivity contribution < 1.29 is 13.2 Å². The molecule has 0 aliphatic heterocycles. The lowest BCUT2D eigenvalue weighted by molar-refractivity contribution is -0.132. The van der Waals surface area contributed by atoms with Crippen LogP contribution in [0.2, 0.25) is 0 Å². The SMILES string of the molecule is CCCN(CC)CCNC(=NCCC(F)(F)F)NCC.I. The first-order valence-electron chi connectivity index (χ1n) is 7.24. The maximum Gasteiger partial charge on any atom is 0.390 e. The number of nitrogens with one attached hydrogen (secondary N) is 2. The molecule has 4 nitrogen and oxygen atoms in total. The molecule has 128 valence electrons. The zero-order valence-corrected chi connectivity index (χ0v) is 15.4. The summed E-state index contributed by atoms with van der Waals surface area (Å²) >= 11 is 0. The van der Waals surface area contributed by atoms with Crippen LogP contribution < -0.4 is 10.6 Å². The van der Waals surface area contributed by atoms with E-state index < -0.39 is 12.6 Å². The summed E-state index contributed by atoms with van der Waals surface area (Å²) in [5.74, 6) is 0.448. The molecule has 0 aromatic carbocycles. The van der Waals surface area contributed by atoms with E-state index in [1.807, 2.05) is 6.92 Å². The Morgan fingerprint density at radius 3 is 2.24 bits per heavy atom. The van der Waals surface area contributed by atoms with Gasteiger partial charge in [-0.3, -0.25) is 4.99 Å². The van der Waals surface area contributed by atoms with Gasteiger partial charge in [0.2, 0.25) is 0 Å². The summed E-state index contributed by atoms with van der Waals surface area (Å²) in [5.41, 5.74) is 0. The van der Waals surface area contributed by atoms with Crippen LogP contribution in [0, 0.1) is 0 Å². The predicted molar refractivity (Wildman–Crippen MR) is 92.5 cm³/mol. The quantitative estimate of drug-likeness (QED) is 0.340.